The number of amides is 2. The molecule has 0 unspecified atom stereocenters. The second-order valence-corrected chi connectivity index (χ2v) is 11.9. The van der Waals surface area contributed by atoms with Gasteiger partial charge in [0.25, 0.3) is 0 Å². The van der Waals surface area contributed by atoms with Crippen LogP contribution in [0.5, 0.6) is 5.75 Å². The highest BCUT2D eigenvalue weighted by atomic mass is 35.5. The summed E-state index contributed by atoms with van der Waals surface area (Å²) in [6.45, 7) is 6.62. The molecule has 2 aromatic rings. The van der Waals surface area contributed by atoms with Gasteiger partial charge in [-0.25, -0.2) is 8.42 Å². The molecular weight excluding hydrogens is 513 g/mol. The van der Waals surface area contributed by atoms with Crippen LogP contribution in [0.25, 0.3) is 0 Å². The van der Waals surface area contributed by atoms with Crippen molar-refractivity contribution >= 4 is 50.7 Å². The van der Waals surface area contributed by atoms with Gasteiger partial charge in [0.05, 0.1) is 24.1 Å². The predicted molar refractivity (Wildman–Crippen MR) is 140 cm³/mol. The third-order valence-corrected chi connectivity index (χ3v) is 6.68. The molecule has 1 atom stereocenters. The summed E-state index contributed by atoms with van der Waals surface area (Å²) in [7, 11) is -2.43. The number of sulfonamides is 1. The van der Waals surface area contributed by atoms with E-state index in [1.54, 1.807) is 31.2 Å². The number of carbonyl (C=O) groups is 2. The molecule has 2 amide bonds. The Hall–Kier alpha value is -2.49. The number of anilines is 1. The highest BCUT2D eigenvalue weighted by Crippen LogP contribution is 2.30. The van der Waals surface area contributed by atoms with Crippen molar-refractivity contribution in [2.24, 2.45) is 0 Å². The van der Waals surface area contributed by atoms with Crippen LogP contribution in [0.4, 0.5) is 5.69 Å². The second kappa shape index (κ2) is 11.5. The number of carbonyl (C=O) groups excluding carboxylic acids is 2. The number of halogens is 2. The monoisotopic (exact) mass is 543 g/mol. The van der Waals surface area contributed by atoms with Crippen molar-refractivity contribution in [3.05, 3.63) is 58.1 Å². The Bertz CT molecular complexity index is 1180. The lowest BCUT2D eigenvalue weighted by Crippen LogP contribution is -2.54. The van der Waals surface area contributed by atoms with Crippen molar-refractivity contribution in [2.45, 2.75) is 45.8 Å². The van der Waals surface area contributed by atoms with Gasteiger partial charge >= 0.3 is 0 Å². The van der Waals surface area contributed by atoms with Crippen LogP contribution in [-0.4, -0.2) is 56.6 Å². The van der Waals surface area contributed by atoms with Crippen LogP contribution >= 0.6 is 23.2 Å². The topological polar surface area (TPSA) is 96.0 Å². The lowest BCUT2D eigenvalue weighted by Gasteiger charge is -2.33. The van der Waals surface area contributed by atoms with E-state index in [2.05, 4.69) is 5.32 Å². The van der Waals surface area contributed by atoms with Crippen molar-refractivity contribution in [2.75, 3.05) is 24.2 Å². The minimum atomic E-state index is -3.87. The molecule has 0 radical (unpaired) electrons. The van der Waals surface area contributed by atoms with E-state index in [9.17, 15) is 18.0 Å². The standard InChI is InChI=1S/C24H31Cl2N3O5S/c1-16(23(31)27-24(2,3)4)28(14-17-8-7-9-18(25)12-17)22(30)15-29(35(6,32)33)19-10-11-21(34-5)20(26)13-19/h7-13,16H,14-15H2,1-6H3,(H,27,31)/t16-/m1/s1. The summed E-state index contributed by atoms with van der Waals surface area (Å²) in [4.78, 5) is 27.8. The summed E-state index contributed by atoms with van der Waals surface area (Å²) in [6, 6.07) is 10.4. The van der Waals surface area contributed by atoms with E-state index in [0.29, 0.717) is 16.3 Å². The molecule has 0 aromatic heterocycles. The smallest absolute Gasteiger partial charge is 0.244 e. The first-order valence-corrected chi connectivity index (χ1v) is 13.4. The zero-order chi connectivity index (χ0) is 26.6. The summed E-state index contributed by atoms with van der Waals surface area (Å²) in [5.74, 6) is -0.574. The fourth-order valence-electron chi connectivity index (χ4n) is 3.31. The third-order valence-electron chi connectivity index (χ3n) is 5.01. The van der Waals surface area contributed by atoms with E-state index in [0.717, 1.165) is 10.6 Å². The maximum atomic E-state index is 13.5. The fourth-order valence-corrected chi connectivity index (χ4v) is 4.62. The van der Waals surface area contributed by atoms with Crippen molar-refractivity contribution in [1.29, 1.82) is 0 Å². The average Bonchev–Trinajstić information content (AvgIpc) is 2.73. The Morgan fingerprint density at radius 2 is 1.77 bits per heavy atom. The highest BCUT2D eigenvalue weighted by Gasteiger charge is 2.31. The molecule has 2 rings (SSSR count). The second-order valence-electron chi connectivity index (χ2n) is 9.16. The van der Waals surface area contributed by atoms with Gasteiger partial charge in [0.1, 0.15) is 18.3 Å². The van der Waals surface area contributed by atoms with Crippen molar-refractivity contribution < 1.29 is 22.7 Å². The Kier molecular flexibility index (Phi) is 9.44. The molecular formula is C24H31Cl2N3O5S. The Labute approximate surface area is 217 Å². The van der Waals surface area contributed by atoms with Crippen LogP contribution in [-0.2, 0) is 26.2 Å². The number of nitrogens with zero attached hydrogens (tertiary/aromatic N) is 2. The molecule has 0 spiro atoms. The molecule has 0 saturated heterocycles. The van der Waals surface area contributed by atoms with E-state index in [1.165, 1.54) is 30.2 Å². The van der Waals surface area contributed by atoms with Gasteiger partial charge in [0.2, 0.25) is 21.8 Å². The van der Waals surface area contributed by atoms with E-state index in [1.807, 2.05) is 20.8 Å². The lowest BCUT2D eigenvalue weighted by atomic mass is 10.1. The van der Waals surface area contributed by atoms with Crippen molar-refractivity contribution in [3.63, 3.8) is 0 Å². The number of rotatable bonds is 9. The molecule has 0 saturated carbocycles. The molecule has 0 fully saturated rings. The first kappa shape index (κ1) is 28.7. The van der Waals surface area contributed by atoms with Crippen LogP contribution in [0.2, 0.25) is 10.0 Å². The summed E-state index contributed by atoms with van der Waals surface area (Å²) in [5.41, 5.74) is 0.371. The molecule has 2 aromatic carbocycles. The molecule has 8 nitrogen and oxygen atoms in total. The van der Waals surface area contributed by atoms with Gasteiger partial charge in [-0.1, -0.05) is 35.3 Å². The van der Waals surface area contributed by atoms with E-state index in [4.69, 9.17) is 27.9 Å². The minimum absolute atomic E-state index is 0.0547. The van der Waals surface area contributed by atoms with Crippen LogP contribution in [0, 0.1) is 0 Å². The number of ether oxygens (including phenoxy) is 1. The van der Waals surface area contributed by atoms with E-state index >= 15 is 0 Å². The molecule has 0 bridgehead atoms. The van der Waals surface area contributed by atoms with Gasteiger partial charge < -0.3 is 15.0 Å². The van der Waals surface area contributed by atoms with Crippen LogP contribution < -0.4 is 14.4 Å². The van der Waals surface area contributed by atoms with Crippen LogP contribution in [0.3, 0.4) is 0 Å². The zero-order valence-corrected chi connectivity index (χ0v) is 23.0. The van der Waals surface area contributed by atoms with Crippen molar-refractivity contribution in [3.8, 4) is 5.75 Å². The average molecular weight is 545 g/mol. The molecule has 192 valence electrons. The van der Waals surface area contributed by atoms with Gasteiger partial charge in [-0.15, -0.1) is 0 Å². The zero-order valence-electron chi connectivity index (χ0n) is 20.6. The molecule has 1 N–H and O–H groups in total. The maximum absolute atomic E-state index is 13.5. The molecule has 0 heterocycles. The maximum Gasteiger partial charge on any atom is 0.244 e. The van der Waals surface area contributed by atoms with Crippen molar-refractivity contribution in [1.82, 2.24) is 10.2 Å². The Morgan fingerprint density at radius 3 is 2.29 bits per heavy atom. The predicted octanol–water partition coefficient (Wildman–Crippen LogP) is 4.10. The largest absolute Gasteiger partial charge is 0.495 e. The SMILES string of the molecule is COc1ccc(N(CC(=O)N(Cc2cccc(Cl)c2)[C@H](C)C(=O)NC(C)(C)C)S(C)(=O)=O)cc1Cl. The summed E-state index contributed by atoms with van der Waals surface area (Å²) >= 11 is 12.3. The highest BCUT2D eigenvalue weighted by molar-refractivity contribution is 7.92. The number of benzene rings is 2. The van der Waals surface area contributed by atoms with Gasteiger partial charge in [0.15, 0.2) is 0 Å². The minimum Gasteiger partial charge on any atom is -0.495 e. The fraction of sp³-hybridized carbons (Fsp3) is 0.417. The van der Waals surface area contributed by atoms with E-state index in [-0.39, 0.29) is 23.2 Å². The van der Waals surface area contributed by atoms with Crippen LogP contribution in [0.15, 0.2) is 42.5 Å². The number of nitrogens with one attached hydrogen (secondary N) is 1. The van der Waals surface area contributed by atoms with Gasteiger partial charge in [0, 0.05) is 17.1 Å². The molecule has 35 heavy (non-hydrogen) atoms. The normalized spacial score (nSPS) is 12.6. The number of hydrogen-bond acceptors (Lipinski definition) is 5. The molecule has 11 heteroatoms. The molecule has 0 aliphatic rings. The molecule has 0 aliphatic heterocycles. The van der Waals surface area contributed by atoms with Gasteiger partial charge in [-0.2, -0.15) is 0 Å². The van der Waals surface area contributed by atoms with Crippen LogP contribution in [0.1, 0.15) is 33.3 Å². The Morgan fingerprint density at radius 1 is 1.11 bits per heavy atom. The summed E-state index contributed by atoms with van der Waals surface area (Å²) in [6.07, 6.45) is 0.996. The van der Waals surface area contributed by atoms with E-state index < -0.39 is 34.1 Å². The third kappa shape index (κ3) is 8.30. The van der Waals surface area contributed by atoms with Gasteiger partial charge in [-0.05, 0) is 63.6 Å². The first-order chi connectivity index (χ1) is 16.1. The summed E-state index contributed by atoms with van der Waals surface area (Å²) < 4.78 is 31.3. The Balaban J connectivity index is 2.43. The first-order valence-electron chi connectivity index (χ1n) is 10.8. The number of hydrogen-bond donors (Lipinski definition) is 1. The quantitative estimate of drug-likeness (QED) is 0.513. The molecule has 0 aliphatic carbocycles. The summed E-state index contributed by atoms with van der Waals surface area (Å²) in [5, 5.41) is 3.54. The van der Waals surface area contributed by atoms with Gasteiger partial charge in [-0.3, -0.25) is 13.9 Å². The number of methoxy groups -OCH3 is 1. The lowest BCUT2D eigenvalue weighted by molar-refractivity contribution is -0.140.